The number of rotatable bonds is 12. The highest BCUT2D eigenvalue weighted by atomic mass is 16.5. The molecule has 7 nitrogen and oxygen atoms in total. The van der Waals surface area contributed by atoms with Crippen LogP contribution in [0, 0.1) is 5.92 Å². The molecule has 7 heteroatoms. The molecule has 0 radical (unpaired) electrons. The van der Waals surface area contributed by atoms with Gasteiger partial charge in [-0.2, -0.15) is 0 Å². The summed E-state index contributed by atoms with van der Waals surface area (Å²) in [7, 11) is 0. The minimum atomic E-state index is -0.901. The van der Waals surface area contributed by atoms with Gasteiger partial charge in [-0.3, -0.25) is 9.59 Å². The standard InChI is InChI=1S/C26H39N3O4/c1-5-17(4)13-19(15-25(30)31)27-26(32)18-10-11-23-22(14-18)28-24(16-21-9-8-12-33-21)29(23)20(6-2)7-3/h10-11,14,17,19-21H,5-9,12-13,15-16H2,1-4H3,(H,27,32)(H,30,31)/t17?,19-,21?/m0/s1. The molecule has 1 aromatic heterocycles. The summed E-state index contributed by atoms with van der Waals surface area (Å²) in [5.74, 6) is 0.211. The summed E-state index contributed by atoms with van der Waals surface area (Å²) in [5, 5.41) is 12.2. The predicted molar refractivity (Wildman–Crippen MR) is 130 cm³/mol. The second-order valence-corrected chi connectivity index (χ2v) is 9.43. The van der Waals surface area contributed by atoms with Crippen LogP contribution in [0.2, 0.25) is 0 Å². The number of amides is 1. The molecule has 1 amide bonds. The summed E-state index contributed by atoms with van der Waals surface area (Å²) in [6, 6.07) is 5.60. The molecule has 182 valence electrons. The first-order chi connectivity index (χ1) is 15.9. The van der Waals surface area contributed by atoms with Gasteiger partial charge in [-0.15, -0.1) is 0 Å². The Morgan fingerprint density at radius 2 is 2.00 bits per heavy atom. The number of nitrogens with one attached hydrogen (secondary N) is 1. The van der Waals surface area contributed by atoms with Crippen molar-refractivity contribution in [2.75, 3.05) is 6.61 Å². The Hall–Kier alpha value is -2.41. The molecular weight excluding hydrogens is 418 g/mol. The third kappa shape index (κ3) is 6.34. The van der Waals surface area contributed by atoms with Gasteiger partial charge in [-0.05, 0) is 56.2 Å². The first kappa shape index (κ1) is 25.2. The van der Waals surface area contributed by atoms with Gasteiger partial charge in [0.25, 0.3) is 5.91 Å². The quantitative estimate of drug-likeness (QED) is 0.461. The maximum Gasteiger partial charge on any atom is 0.305 e. The van der Waals surface area contributed by atoms with Crippen molar-refractivity contribution in [1.29, 1.82) is 0 Å². The van der Waals surface area contributed by atoms with Crippen molar-refractivity contribution in [3.8, 4) is 0 Å². The Balaban J connectivity index is 1.88. The Morgan fingerprint density at radius 3 is 2.61 bits per heavy atom. The smallest absolute Gasteiger partial charge is 0.305 e. The topological polar surface area (TPSA) is 93.5 Å². The number of hydrogen-bond donors (Lipinski definition) is 2. The van der Waals surface area contributed by atoms with E-state index in [-0.39, 0.29) is 18.4 Å². The molecule has 2 heterocycles. The summed E-state index contributed by atoms with van der Waals surface area (Å²) in [5.41, 5.74) is 2.36. The van der Waals surface area contributed by atoms with Crippen molar-refractivity contribution >= 4 is 22.9 Å². The van der Waals surface area contributed by atoms with Crippen LogP contribution in [0.15, 0.2) is 18.2 Å². The number of imidazole rings is 1. The van der Waals surface area contributed by atoms with Gasteiger partial charge in [0.2, 0.25) is 0 Å². The van der Waals surface area contributed by atoms with Crippen molar-refractivity contribution in [1.82, 2.24) is 14.9 Å². The number of aromatic nitrogens is 2. The second kappa shape index (κ2) is 11.6. The van der Waals surface area contributed by atoms with Crippen LogP contribution in [-0.4, -0.2) is 45.3 Å². The SMILES string of the molecule is CCC(C)C[C@@H](CC(=O)O)NC(=O)c1ccc2c(c1)nc(CC1CCCO1)n2C(CC)CC. The Kier molecular flexibility index (Phi) is 8.89. The molecule has 1 fully saturated rings. The lowest BCUT2D eigenvalue weighted by molar-refractivity contribution is -0.137. The van der Waals surface area contributed by atoms with Crippen molar-refractivity contribution < 1.29 is 19.4 Å². The molecule has 1 aliphatic rings. The average molecular weight is 458 g/mol. The summed E-state index contributed by atoms with van der Waals surface area (Å²) in [6.45, 7) is 9.35. The van der Waals surface area contributed by atoms with Gasteiger partial charge in [-0.25, -0.2) is 4.98 Å². The first-order valence-electron chi connectivity index (χ1n) is 12.5. The fourth-order valence-electron chi connectivity index (χ4n) is 4.83. The van der Waals surface area contributed by atoms with E-state index in [9.17, 15) is 14.7 Å². The van der Waals surface area contributed by atoms with Crippen molar-refractivity contribution in [3.63, 3.8) is 0 Å². The van der Waals surface area contributed by atoms with E-state index in [1.165, 1.54) is 0 Å². The number of carbonyl (C=O) groups excluding carboxylic acids is 1. The van der Waals surface area contributed by atoms with Gasteiger partial charge >= 0.3 is 5.97 Å². The number of nitrogens with zero attached hydrogens (tertiary/aromatic N) is 2. The maximum atomic E-state index is 13.0. The molecule has 3 rings (SSSR count). The lowest BCUT2D eigenvalue weighted by Crippen LogP contribution is -2.37. The van der Waals surface area contributed by atoms with E-state index in [0.717, 1.165) is 62.0 Å². The van der Waals surface area contributed by atoms with Crippen LogP contribution in [0.25, 0.3) is 11.0 Å². The molecule has 2 unspecified atom stereocenters. The van der Waals surface area contributed by atoms with Gasteiger partial charge in [-0.1, -0.05) is 34.1 Å². The molecule has 0 saturated carbocycles. The number of ether oxygens (including phenoxy) is 1. The fourth-order valence-corrected chi connectivity index (χ4v) is 4.83. The third-order valence-electron chi connectivity index (χ3n) is 6.91. The fraction of sp³-hybridized carbons (Fsp3) is 0.654. The zero-order valence-electron chi connectivity index (χ0n) is 20.5. The Morgan fingerprint density at radius 1 is 1.24 bits per heavy atom. The lowest BCUT2D eigenvalue weighted by Gasteiger charge is -2.21. The molecular formula is C26H39N3O4. The Bertz CT molecular complexity index is 944. The van der Waals surface area contributed by atoms with Crippen LogP contribution < -0.4 is 5.32 Å². The van der Waals surface area contributed by atoms with E-state index in [1.807, 2.05) is 18.2 Å². The number of benzene rings is 1. The highest BCUT2D eigenvalue weighted by Gasteiger charge is 2.24. The number of fused-ring (bicyclic) bond motifs is 1. The number of carboxylic acids is 1. The van der Waals surface area contributed by atoms with Crippen LogP contribution in [0.4, 0.5) is 0 Å². The van der Waals surface area contributed by atoms with E-state index in [0.29, 0.717) is 23.9 Å². The van der Waals surface area contributed by atoms with Gasteiger partial charge < -0.3 is 19.7 Å². The normalized spacial score (nSPS) is 18.0. The molecule has 1 saturated heterocycles. The van der Waals surface area contributed by atoms with Crippen LogP contribution in [-0.2, 0) is 16.0 Å². The number of aliphatic carboxylic acids is 1. The van der Waals surface area contributed by atoms with Crippen molar-refractivity contribution in [3.05, 3.63) is 29.6 Å². The Labute approximate surface area is 196 Å². The monoisotopic (exact) mass is 457 g/mol. The van der Waals surface area contributed by atoms with Crippen LogP contribution in [0.5, 0.6) is 0 Å². The second-order valence-electron chi connectivity index (χ2n) is 9.43. The van der Waals surface area contributed by atoms with Crippen LogP contribution in [0.1, 0.15) is 94.9 Å². The maximum absolute atomic E-state index is 13.0. The first-order valence-corrected chi connectivity index (χ1v) is 12.5. The van der Waals surface area contributed by atoms with Crippen LogP contribution >= 0.6 is 0 Å². The molecule has 0 aliphatic carbocycles. The highest BCUT2D eigenvalue weighted by molar-refractivity contribution is 5.97. The minimum Gasteiger partial charge on any atom is -0.481 e. The molecule has 1 aromatic carbocycles. The number of carbonyl (C=O) groups is 2. The number of hydrogen-bond acceptors (Lipinski definition) is 4. The van der Waals surface area contributed by atoms with E-state index in [4.69, 9.17) is 9.72 Å². The highest BCUT2D eigenvalue weighted by Crippen LogP contribution is 2.28. The third-order valence-corrected chi connectivity index (χ3v) is 6.91. The summed E-state index contributed by atoms with van der Waals surface area (Å²) < 4.78 is 8.20. The molecule has 2 aromatic rings. The summed E-state index contributed by atoms with van der Waals surface area (Å²) in [6.07, 6.45) is 6.66. The van der Waals surface area contributed by atoms with E-state index in [1.54, 1.807) is 0 Å². The largest absolute Gasteiger partial charge is 0.481 e. The molecule has 0 spiro atoms. The van der Waals surface area contributed by atoms with Crippen molar-refractivity contribution in [2.45, 2.75) is 97.2 Å². The molecule has 2 N–H and O–H groups in total. The summed E-state index contributed by atoms with van der Waals surface area (Å²) in [4.78, 5) is 29.2. The predicted octanol–water partition coefficient (Wildman–Crippen LogP) is 5.13. The van der Waals surface area contributed by atoms with Crippen molar-refractivity contribution in [2.24, 2.45) is 5.92 Å². The molecule has 3 atom stereocenters. The molecule has 0 bridgehead atoms. The van der Waals surface area contributed by atoms with Gasteiger partial charge in [0.05, 0.1) is 23.6 Å². The zero-order valence-corrected chi connectivity index (χ0v) is 20.5. The van der Waals surface area contributed by atoms with E-state index >= 15 is 0 Å². The number of carboxylic acid groups (broad SMARTS) is 1. The minimum absolute atomic E-state index is 0.0762. The molecule has 1 aliphatic heterocycles. The van der Waals surface area contributed by atoms with E-state index < -0.39 is 12.0 Å². The van der Waals surface area contributed by atoms with Gasteiger partial charge in [0.1, 0.15) is 5.82 Å². The van der Waals surface area contributed by atoms with E-state index in [2.05, 4.69) is 37.6 Å². The summed E-state index contributed by atoms with van der Waals surface area (Å²) >= 11 is 0. The van der Waals surface area contributed by atoms with Crippen LogP contribution in [0.3, 0.4) is 0 Å². The average Bonchev–Trinajstić information content (AvgIpc) is 3.42. The zero-order chi connectivity index (χ0) is 24.0. The lowest BCUT2D eigenvalue weighted by atomic mass is 9.97. The molecule has 33 heavy (non-hydrogen) atoms. The van der Waals surface area contributed by atoms with Gasteiger partial charge in [0, 0.05) is 30.7 Å². The van der Waals surface area contributed by atoms with Gasteiger partial charge in [0.15, 0.2) is 0 Å².